The third kappa shape index (κ3) is 4.95. The van der Waals surface area contributed by atoms with Gasteiger partial charge in [-0.1, -0.05) is 24.3 Å². The average Bonchev–Trinajstić information content (AvgIpc) is 2.52. The number of rotatable bonds is 5. The van der Waals surface area contributed by atoms with Gasteiger partial charge in [-0.05, 0) is 42.9 Å². The lowest BCUT2D eigenvalue weighted by Gasteiger charge is -2.18. The first kappa shape index (κ1) is 15.1. The van der Waals surface area contributed by atoms with Crippen LogP contribution in [0.4, 0.5) is 4.79 Å². The highest BCUT2D eigenvalue weighted by Crippen LogP contribution is 2.16. The van der Waals surface area contributed by atoms with Crippen molar-refractivity contribution in [2.75, 3.05) is 6.54 Å². The van der Waals surface area contributed by atoms with E-state index in [0.717, 1.165) is 24.8 Å². The van der Waals surface area contributed by atoms with Gasteiger partial charge < -0.3 is 15.7 Å². The Labute approximate surface area is 124 Å². The van der Waals surface area contributed by atoms with Crippen LogP contribution in [-0.2, 0) is 6.54 Å². The van der Waals surface area contributed by atoms with Crippen LogP contribution in [0.2, 0.25) is 0 Å². The fourth-order valence-corrected chi connectivity index (χ4v) is 2.34. The number of allylic oxidation sites excluding steroid dienone is 2. The van der Waals surface area contributed by atoms with Crippen LogP contribution in [0.3, 0.4) is 0 Å². The summed E-state index contributed by atoms with van der Waals surface area (Å²) in [6, 6.07) is 6.34. The van der Waals surface area contributed by atoms with Gasteiger partial charge in [0, 0.05) is 13.1 Å². The minimum atomic E-state index is -0.966. The molecule has 1 aromatic carbocycles. The quantitative estimate of drug-likeness (QED) is 0.729. The monoisotopic (exact) mass is 288 g/mol. The standard InChI is InChI=1S/C16H20N2O3/c19-15(20)14-8-4-7-13(9-14)11-18-16(21)17-10-12-5-2-1-3-6-12/h1-2,4,7-9,12H,3,5-6,10-11H2,(H,19,20)(H2,17,18,21). The fraction of sp³-hybridized carbons (Fsp3) is 0.375. The van der Waals surface area contributed by atoms with Crippen molar-refractivity contribution in [3.05, 3.63) is 47.5 Å². The van der Waals surface area contributed by atoms with Crippen LogP contribution >= 0.6 is 0 Å². The van der Waals surface area contributed by atoms with Crippen LogP contribution in [0.1, 0.15) is 35.2 Å². The maximum atomic E-state index is 11.7. The summed E-state index contributed by atoms with van der Waals surface area (Å²) in [4.78, 5) is 22.6. The van der Waals surface area contributed by atoms with E-state index in [1.54, 1.807) is 18.2 Å². The summed E-state index contributed by atoms with van der Waals surface area (Å²) in [5, 5.41) is 14.5. The first-order valence-electron chi connectivity index (χ1n) is 7.14. The molecule has 0 aliphatic heterocycles. The molecule has 2 rings (SSSR count). The zero-order chi connectivity index (χ0) is 15.1. The highest BCUT2D eigenvalue weighted by atomic mass is 16.4. The summed E-state index contributed by atoms with van der Waals surface area (Å²) in [6.45, 7) is 0.989. The molecule has 21 heavy (non-hydrogen) atoms. The SMILES string of the molecule is O=C(NCc1cccc(C(=O)O)c1)NCC1CC=CCC1. The summed E-state index contributed by atoms with van der Waals surface area (Å²) in [6.07, 6.45) is 7.53. The average molecular weight is 288 g/mol. The Kier molecular flexibility index (Phi) is 5.37. The maximum absolute atomic E-state index is 11.7. The summed E-state index contributed by atoms with van der Waals surface area (Å²) in [5.41, 5.74) is 0.995. The molecule has 0 aromatic heterocycles. The second-order valence-electron chi connectivity index (χ2n) is 5.22. The molecular formula is C16H20N2O3. The molecule has 0 radical (unpaired) electrons. The zero-order valence-electron chi connectivity index (χ0n) is 11.8. The number of carboxylic acid groups (broad SMARTS) is 1. The molecule has 0 heterocycles. The second-order valence-corrected chi connectivity index (χ2v) is 5.22. The number of carboxylic acids is 1. The van der Waals surface area contributed by atoms with Crippen LogP contribution in [0, 0.1) is 5.92 Å². The van der Waals surface area contributed by atoms with Gasteiger partial charge in [0.05, 0.1) is 5.56 Å². The number of amides is 2. The second kappa shape index (κ2) is 7.47. The number of nitrogens with one attached hydrogen (secondary N) is 2. The van der Waals surface area contributed by atoms with Gasteiger partial charge in [0.2, 0.25) is 0 Å². The topological polar surface area (TPSA) is 78.4 Å². The molecule has 1 atom stereocenters. The molecule has 0 bridgehead atoms. The molecule has 0 spiro atoms. The molecule has 0 fully saturated rings. The molecule has 5 nitrogen and oxygen atoms in total. The van der Waals surface area contributed by atoms with Gasteiger partial charge >= 0.3 is 12.0 Å². The number of benzene rings is 1. The third-order valence-electron chi connectivity index (χ3n) is 3.56. The molecule has 0 saturated carbocycles. The van der Waals surface area contributed by atoms with E-state index in [1.165, 1.54) is 6.07 Å². The lowest BCUT2D eigenvalue weighted by Crippen LogP contribution is -2.38. The highest BCUT2D eigenvalue weighted by molar-refractivity contribution is 5.87. The van der Waals surface area contributed by atoms with Gasteiger partial charge in [0.15, 0.2) is 0 Å². The molecule has 1 aliphatic carbocycles. The van der Waals surface area contributed by atoms with Gasteiger partial charge in [-0.15, -0.1) is 0 Å². The van der Waals surface area contributed by atoms with Crippen LogP contribution in [0.25, 0.3) is 0 Å². The van der Waals surface area contributed by atoms with E-state index in [9.17, 15) is 9.59 Å². The molecule has 1 aromatic rings. The zero-order valence-corrected chi connectivity index (χ0v) is 11.8. The molecular weight excluding hydrogens is 268 g/mol. The molecule has 3 N–H and O–H groups in total. The largest absolute Gasteiger partial charge is 0.478 e. The Hall–Kier alpha value is -2.30. The van der Waals surface area contributed by atoms with Gasteiger partial charge in [0.25, 0.3) is 0 Å². The number of hydrogen-bond acceptors (Lipinski definition) is 2. The number of carbonyl (C=O) groups excluding carboxylic acids is 1. The van der Waals surface area contributed by atoms with Gasteiger partial charge in [-0.2, -0.15) is 0 Å². The van der Waals surface area contributed by atoms with Crippen LogP contribution in [0.15, 0.2) is 36.4 Å². The minimum absolute atomic E-state index is 0.217. The van der Waals surface area contributed by atoms with E-state index in [1.807, 2.05) is 0 Å². The van der Waals surface area contributed by atoms with Crippen molar-refractivity contribution in [2.45, 2.75) is 25.8 Å². The maximum Gasteiger partial charge on any atom is 0.335 e. The molecule has 2 amide bonds. The van der Waals surface area contributed by atoms with Gasteiger partial charge in [-0.3, -0.25) is 0 Å². The summed E-state index contributed by atoms with van der Waals surface area (Å²) in [5.74, 6) is -0.456. The highest BCUT2D eigenvalue weighted by Gasteiger charge is 2.11. The predicted octanol–water partition coefficient (Wildman–Crippen LogP) is 2.54. The van der Waals surface area contributed by atoms with Crippen LogP contribution in [0.5, 0.6) is 0 Å². The van der Waals surface area contributed by atoms with Crippen molar-refractivity contribution in [1.82, 2.24) is 10.6 Å². The summed E-state index contributed by atoms with van der Waals surface area (Å²) < 4.78 is 0. The lowest BCUT2D eigenvalue weighted by molar-refractivity contribution is 0.0696. The minimum Gasteiger partial charge on any atom is -0.478 e. The van der Waals surface area contributed by atoms with Crippen molar-refractivity contribution in [3.8, 4) is 0 Å². The van der Waals surface area contributed by atoms with Crippen molar-refractivity contribution in [2.24, 2.45) is 5.92 Å². The van der Waals surface area contributed by atoms with E-state index < -0.39 is 5.97 Å². The predicted molar refractivity (Wildman–Crippen MR) is 80.1 cm³/mol. The first-order valence-corrected chi connectivity index (χ1v) is 7.14. The van der Waals surface area contributed by atoms with Crippen molar-refractivity contribution >= 4 is 12.0 Å². The van der Waals surface area contributed by atoms with Gasteiger partial charge in [-0.25, -0.2) is 9.59 Å². The smallest absolute Gasteiger partial charge is 0.335 e. The Morgan fingerprint density at radius 3 is 2.81 bits per heavy atom. The summed E-state index contributed by atoms with van der Waals surface area (Å²) in [7, 11) is 0. The summed E-state index contributed by atoms with van der Waals surface area (Å²) >= 11 is 0. The molecule has 1 aliphatic rings. The van der Waals surface area contributed by atoms with E-state index in [0.29, 0.717) is 19.0 Å². The van der Waals surface area contributed by atoms with Crippen LogP contribution in [-0.4, -0.2) is 23.7 Å². The van der Waals surface area contributed by atoms with E-state index in [-0.39, 0.29) is 11.6 Å². The van der Waals surface area contributed by atoms with E-state index >= 15 is 0 Å². The van der Waals surface area contributed by atoms with Crippen LogP contribution < -0.4 is 10.6 Å². The lowest BCUT2D eigenvalue weighted by atomic mass is 9.94. The Morgan fingerprint density at radius 1 is 1.24 bits per heavy atom. The Bertz CT molecular complexity index is 540. The van der Waals surface area contributed by atoms with Gasteiger partial charge in [0.1, 0.15) is 0 Å². The van der Waals surface area contributed by atoms with Crippen molar-refractivity contribution in [3.63, 3.8) is 0 Å². The number of hydrogen-bond donors (Lipinski definition) is 3. The molecule has 5 heteroatoms. The Balaban J connectivity index is 1.74. The third-order valence-corrected chi connectivity index (χ3v) is 3.56. The number of urea groups is 1. The number of carbonyl (C=O) groups is 2. The number of aromatic carboxylic acids is 1. The first-order chi connectivity index (χ1) is 10.1. The van der Waals surface area contributed by atoms with Crippen molar-refractivity contribution < 1.29 is 14.7 Å². The van der Waals surface area contributed by atoms with E-state index in [4.69, 9.17) is 5.11 Å². The fourth-order valence-electron chi connectivity index (χ4n) is 2.34. The normalized spacial score (nSPS) is 17.2. The molecule has 112 valence electrons. The molecule has 1 unspecified atom stereocenters. The molecule has 0 saturated heterocycles. The van der Waals surface area contributed by atoms with E-state index in [2.05, 4.69) is 22.8 Å². The van der Waals surface area contributed by atoms with Crippen molar-refractivity contribution in [1.29, 1.82) is 0 Å². The Morgan fingerprint density at radius 2 is 2.10 bits per heavy atom.